The molecule has 0 spiro atoms. The lowest BCUT2D eigenvalue weighted by molar-refractivity contribution is -0.114. The van der Waals surface area contributed by atoms with Gasteiger partial charge in [0, 0.05) is 19.0 Å². The molecule has 22 heavy (non-hydrogen) atoms. The molecule has 0 aliphatic heterocycles. The Labute approximate surface area is 130 Å². The molecule has 0 aliphatic rings. The SMILES string of the molecule is CC(=O)Nc1cc(C(=O)NCC(O)c2ccsc2)ccc1F. The number of carbonyl (C=O) groups is 2. The van der Waals surface area contributed by atoms with Crippen molar-refractivity contribution in [2.24, 2.45) is 0 Å². The minimum absolute atomic E-state index is 0.0441. The van der Waals surface area contributed by atoms with Crippen LogP contribution in [-0.4, -0.2) is 23.5 Å². The fourth-order valence-corrected chi connectivity index (χ4v) is 2.53. The molecule has 1 aromatic heterocycles. The minimum atomic E-state index is -0.800. The number of aliphatic hydroxyl groups excluding tert-OH is 1. The fraction of sp³-hybridized carbons (Fsp3) is 0.200. The van der Waals surface area contributed by atoms with E-state index in [1.165, 1.54) is 30.4 Å². The van der Waals surface area contributed by atoms with Crippen molar-refractivity contribution in [1.82, 2.24) is 5.32 Å². The maximum atomic E-state index is 13.5. The van der Waals surface area contributed by atoms with Crippen molar-refractivity contribution in [1.29, 1.82) is 0 Å². The van der Waals surface area contributed by atoms with Gasteiger partial charge in [-0.3, -0.25) is 9.59 Å². The van der Waals surface area contributed by atoms with Crippen molar-refractivity contribution in [3.05, 3.63) is 52.0 Å². The van der Waals surface area contributed by atoms with E-state index in [0.29, 0.717) is 0 Å². The molecule has 1 unspecified atom stereocenters. The van der Waals surface area contributed by atoms with Gasteiger partial charge in [0.25, 0.3) is 5.91 Å². The number of carbonyl (C=O) groups excluding carboxylic acids is 2. The number of halogens is 1. The lowest BCUT2D eigenvalue weighted by Crippen LogP contribution is -2.28. The van der Waals surface area contributed by atoms with E-state index < -0.39 is 23.7 Å². The average molecular weight is 322 g/mol. The summed E-state index contributed by atoms with van der Waals surface area (Å²) in [5, 5.41) is 18.4. The standard InChI is InChI=1S/C15H15FN2O3S/c1-9(19)18-13-6-10(2-3-12(13)16)15(21)17-7-14(20)11-4-5-22-8-11/h2-6,8,14,20H,7H2,1H3,(H,17,21)(H,18,19). The molecule has 0 bridgehead atoms. The van der Waals surface area contributed by atoms with Crippen LogP contribution in [0.25, 0.3) is 0 Å². The number of rotatable bonds is 5. The van der Waals surface area contributed by atoms with Crippen molar-refractivity contribution in [3.8, 4) is 0 Å². The summed E-state index contributed by atoms with van der Waals surface area (Å²) in [7, 11) is 0. The summed E-state index contributed by atoms with van der Waals surface area (Å²) in [5.74, 6) is -1.50. The molecule has 1 atom stereocenters. The summed E-state index contributed by atoms with van der Waals surface area (Å²) >= 11 is 1.45. The van der Waals surface area contributed by atoms with Gasteiger partial charge in [0.15, 0.2) is 0 Å². The van der Waals surface area contributed by atoms with Crippen LogP contribution in [0.2, 0.25) is 0 Å². The van der Waals surface area contributed by atoms with Crippen LogP contribution in [0.5, 0.6) is 0 Å². The largest absolute Gasteiger partial charge is 0.387 e. The molecule has 7 heteroatoms. The maximum Gasteiger partial charge on any atom is 0.251 e. The summed E-state index contributed by atoms with van der Waals surface area (Å²) in [6.45, 7) is 1.30. The predicted octanol–water partition coefficient (Wildman–Crippen LogP) is 2.31. The first-order chi connectivity index (χ1) is 10.5. The summed E-state index contributed by atoms with van der Waals surface area (Å²) in [6.07, 6.45) is -0.800. The molecule has 5 nitrogen and oxygen atoms in total. The highest BCUT2D eigenvalue weighted by atomic mass is 32.1. The Kier molecular flexibility index (Phi) is 5.24. The molecule has 2 amide bonds. The van der Waals surface area contributed by atoms with Gasteiger partial charge < -0.3 is 15.7 Å². The Morgan fingerprint density at radius 2 is 2.14 bits per heavy atom. The molecule has 0 aliphatic carbocycles. The zero-order chi connectivity index (χ0) is 16.1. The average Bonchev–Trinajstić information content (AvgIpc) is 3.00. The number of thiophene rings is 1. The number of aliphatic hydroxyl groups is 1. The van der Waals surface area contributed by atoms with E-state index in [9.17, 15) is 19.1 Å². The first-order valence-corrected chi connectivity index (χ1v) is 7.47. The van der Waals surface area contributed by atoms with E-state index in [2.05, 4.69) is 10.6 Å². The van der Waals surface area contributed by atoms with Gasteiger partial charge in [0.05, 0.1) is 11.8 Å². The predicted molar refractivity (Wildman–Crippen MR) is 82.3 cm³/mol. The van der Waals surface area contributed by atoms with E-state index >= 15 is 0 Å². The number of amides is 2. The molecular weight excluding hydrogens is 307 g/mol. The molecule has 1 heterocycles. The number of hydrogen-bond donors (Lipinski definition) is 3. The Hall–Kier alpha value is -2.25. The van der Waals surface area contributed by atoms with Crippen LogP contribution in [0, 0.1) is 5.82 Å². The summed E-state index contributed by atoms with van der Waals surface area (Å²) in [4.78, 5) is 23.0. The molecule has 0 radical (unpaired) electrons. The van der Waals surface area contributed by atoms with Crippen LogP contribution in [0.1, 0.15) is 28.9 Å². The quantitative estimate of drug-likeness (QED) is 0.790. The molecule has 0 fully saturated rings. The molecule has 2 aromatic rings. The lowest BCUT2D eigenvalue weighted by Gasteiger charge is -2.11. The second-order valence-electron chi connectivity index (χ2n) is 4.66. The highest BCUT2D eigenvalue weighted by Crippen LogP contribution is 2.17. The van der Waals surface area contributed by atoms with E-state index in [4.69, 9.17) is 0 Å². The Morgan fingerprint density at radius 3 is 2.77 bits per heavy atom. The third kappa shape index (κ3) is 4.12. The monoisotopic (exact) mass is 322 g/mol. The van der Waals surface area contributed by atoms with E-state index in [-0.39, 0.29) is 17.8 Å². The van der Waals surface area contributed by atoms with E-state index in [1.807, 2.05) is 5.38 Å². The smallest absolute Gasteiger partial charge is 0.251 e. The Morgan fingerprint density at radius 1 is 1.36 bits per heavy atom. The number of anilines is 1. The zero-order valence-corrected chi connectivity index (χ0v) is 12.6. The van der Waals surface area contributed by atoms with Gasteiger partial charge in [-0.15, -0.1) is 0 Å². The maximum absolute atomic E-state index is 13.5. The summed E-state index contributed by atoms with van der Waals surface area (Å²) < 4.78 is 13.5. The first kappa shape index (κ1) is 16.1. The van der Waals surface area contributed by atoms with E-state index in [1.54, 1.807) is 11.4 Å². The number of hydrogen-bond acceptors (Lipinski definition) is 4. The summed E-state index contributed by atoms with van der Waals surface area (Å²) in [5.41, 5.74) is 0.865. The van der Waals surface area contributed by atoms with Gasteiger partial charge in [-0.2, -0.15) is 11.3 Å². The van der Waals surface area contributed by atoms with Gasteiger partial charge in [0.2, 0.25) is 5.91 Å². The minimum Gasteiger partial charge on any atom is -0.387 e. The molecule has 0 saturated heterocycles. The highest BCUT2D eigenvalue weighted by Gasteiger charge is 2.13. The van der Waals surface area contributed by atoms with Gasteiger partial charge in [-0.05, 0) is 40.6 Å². The molecule has 2 rings (SSSR count). The molecule has 3 N–H and O–H groups in total. The normalized spacial score (nSPS) is 11.8. The van der Waals surface area contributed by atoms with Gasteiger partial charge in [-0.1, -0.05) is 0 Å². The van der Waals surface area contributed by atoms with Gasteiger partial charge in [0.1, 0.15) is 5.82 Å². The first-order valence-electron chi connectivity index (χ1n) is 6.53. The van der Waals surface area contributed by atoms with Crippen LogP contribution in [-0.2, 0) is 4.79 Å². The molecular formula is C15H15FN2O3S. The van der Waals surface area contributed by atoms with Crippen molar-refractivity contribution >= 4 is 28.8 Å². The van der Waals surface area contributed by atoms with Crippen molar-refractivity contribution in [2.45, 2.75) is 13.0 Å². The van der Waals surface area contributed by atoms with Crippen molar-refractivity contribution in [2.75, 3.05) is 11.9 Å². The topological polar surface area (TPSA) is 78.4 Å². The van der Waals surface area contributed by atoms with Crippen molar-refractivity contribution < 1.29 is 19.1 Å². The third-order valence-electron chi connectivity index (χ3n) is 2.92. The summed E-state index contributed by atoms with van der Waals surface area (Å²) in [6, 6.07) is 5.44. The van der Waals surface area contributed by atoms with Gasteiger partial charge in [-0.25, -0.2) is 4.39 Å². The van der Waals surface area contributed by atoms with Crippen LogP contribution >= 0.6 is 11.3 Å². The second kappa shape index (κ2) is 7.15. The van der Waals surface area contributed by atoms with E-state index in [0.717, 1.165) is 11.6 Å². The third-order valence-corrected chi connectivity index (χ3v) is 3.62. The highest BCUT2D eigenvalue weighted by molar-refractivity contribution is 7.07. The Balaban J connectivity index is 2.01. The molecule has 0 saturated carbocycles. The van der Waals surface area contributed by atoms with Crippen LogP contribution in [0.15, 0.2) is 35.0 Å². The molecule has 1 aromatic carbocycles. The molecule has 116 valence electrons. The van der Waals surface area contributed by atoms with Crippen LogP contribution in [0.4, 0.5) is 10.1 Å². The van der Waals surface area contributed by atoms with Crippen LogP contribution < -0.4 is 10.6 Å². The van der Waals surface area contributed by atoms with Crippen LogP contribution in [0.3, 0.4) is 0 Å². The fourth-order valence-electron chi connectivity index (χ4n) is 1.83. The number of benzene rings is 1. The Bertz CT molecular complexity index is 673. The number of nitrogens with one attached hydrogen (secondary N) is 2. The zero-order valence-electron chi connectivity index (χ0n) is 11.8. The second-order valence-corrected chi connectivity index (χ2v) is 5.44. The van der Waals surface area contributed by atoms with Crippen molar-refractivity contribution in [3.63, 3.8) is 0 Å². The lowest BCUT2D eigenvalue weighted by atomic mass is 10.1. The van der Waals surface area contributed by atoms with Gasteiger partial charge >= 0.3 is 0 Å².